The summed E-state index contributed by atoms with van der Waals surface area (Å²) in [4.78, 5) is 44.2. The van der Waals surface area contributed by atoms with E-state index in [1.54, 1.807) is 11.0 Å². The maximum absolute atomic E-state index is 13.2. The van der Waals surface area contributed by atoms with Gasteiger partial charge in [-0.2, -0.15) is 5.10 Å². The smallest absolute Gasteiger partial charge is 0.255 e. The zero-order valence-electron chi connectivity index (χ0n) is 33.1. The van der Waals surface area contributed by atoms with Gasteiger partial charge in [0.1, 0.15) is 23.1 Å². The fourth-order valence-corrected chi connectivity index (χ4v) is 8.79. The Kier molecular flexibility index (Phi) is 9.62. The van der Waals surface area contributed by atoms with Crippen molar-refractivity contribution >= 4 is 40.7 Å². The van der Waals surface area contributed by atoms with Gasteiger partial charge in [-0.25, -0.2) is 0 Å². The first-order valence-electron chi connectivity index (χ1n) is 20.6. The molecule has 3 aromatic carbocycles. The van der Waals surface area contributed by atoms with Gasteiger partial charge in [0.25, 0.3) is 5.91 Å². The molecule has 2 fully saturated rings. The van der Waals surface area contributed by atoms with Crippen LogP contribution in [0.2, 0.25) is 5.02 Å². The predicted octanol–water partition coefficient (Wildman–Crippen LogP) is 6.16. The fraction of sp³-hybridized carbons (Fsp3) is 0.341. The summed E-state index contributed by atoms with van der Waals surface area (Å²) in [7, 11) is 0. The van der Waals surface area contributed by atoms with Gasteiger partial charge in [-0.05, 0) is 81.0 Å². The van der Waals surface area contributed by atoms with Gasteiger partial charge in [-0.1, -0.05) is 53.9 Å². The topological polar surface area (TPSA) is 170 Å². The molecule has 1 aliphatic carbocycles. The van der Waals surface area contributed by atoms with Gasteiger partial charge < -0.3 is 10.2 Å². The van der Waals surface area contributed by atoms with Crippen molar-refractivity contribution in [1.82, 2.24) is 49.8 Å². The summed E-state index contributed by atoms with van der Waals surface area (Å²) < 4.78 is 6.07. The molecule has 16 heteroatoms. The Morgan fingerprint density at radius 1 is 0.867 bits per heavy atom. The molecule has 3 amide bonds. The number of hydrogen-bond donors (Lipinski definition) is 2. The molecule has 1 saturated carbocycles. The van der Waals surface area contributed by atoms with Crippen molar-refractivity contribution in [2.45, 2.75) is 96.1 Å². The Morgan fingerprint density at radius 2 is 1.67 bits per heavy atom. The van der Waals surface area contributed by atoms with Gasteiger partial charge in [0, 0.05) is 70.8 Å². The number of nitrogens with one attached hydrogen (secondary N) is 2. The van der Waals surface area contributed by atoms with E-state index in [1.165, 1.54) is 0 Å². The number of imide groups is 1. The molecule has 2 N–H and O–H groups in total. The Hall–Kier alpha value is -6.48. The lowest BCUT2D eigenvalue weighted by Crippen LogP contribution is -2.52. The standard InChI is InChI=1S/C44H43ClN12O3/c1-27-50-52-43-44(17-18-44)49-40(28-9-12-31(45)13-10-28)34-21-29(11-14-37(34)57(27)43)30-22-47-54(24-30)19-4-2-3-5-20-55-25-32(51-53-55)23-46-36-8-6-7-33-35(36)26-56(42(33)60)38-15-16-39(58)48-41(38)59/h6-14,21-22,24-25,38,46H,2-5,15-20,23,26H2,1H3,(H,48,58,59). The highest BCUT2D eigenvalue weighted by Gasteiger charge is 2.51. The van der Waals surface area contributed by atoms with Crippen LogP contribution < -0.4 is 10.6 Å². The first-order valence-corrected chi connectivity index (χ1v) is 21.0. The van der Waals surface area contributed by atoms with E-state index in [9.17, 15) is 14.4 Å². The summed E-state index contributed by atoms with van der Waals surface area (Å²) in [5.41, 5.74) is 8.79. The third-order valence-electron chi connectivity index (χ3n) is 12.0. The number of carbonyl (C=O) groups is 3. The quantitative estimate of drug-likeness (QED) is 0.102. The molecule has 60 heavy (non-hydrogen) atoms. The van der Waals surface area contributed by atoms with E-state index in [4.69, 9.17) is 21.7 Å². The van der Waals surface area contributed by atoms with Crippen molar-refractivity contribution in [3.8, 4) is 16.8 Å². The van der Waals surface area contributed by atoms with Crippen molar-refractivity contribution in [3.05, 3.63) is 124 Å². The summed E-state index contributed by atoms with van der Waals surface area (Å²) in [5, 5.41) is 28.9. The third kappa shape index (κ3) is 7.06. The average Bonchev–Trinajstić information content (AvgIpc) is 3.59. The molecule has 3 aromatic heterocycles. The van der Waals surface area contributed by atoms with Crippen LogP contribution in [0.15, 0.2) is 84.2 Å². The summed E-state index contributed by atoms with van der Waals surface area (Å²) >= 11 is 6.29. The van der Waals surface area contributed by atoms with Crippen LogP contribution in [0, 0.1) is 6.92 Å². The van der Waals surface area contributed by atoms with Gasteiger partial charge in [-0.15, -0.1) is 15.3 Å². The van der Waals surface area contributed by atoms with E-state index >= 15 is 0 Å². The van der Waals surface area contributed by atoms with E-state index in [0.717, 1.165) is 114 Å². The van der Waals surface area contributed by atoms with Crippen LogP contribution in [0.25, 0.3) is 16.8 Å². The molecule has 1 unspecified atom stereocenters. The molecule has 10 rings (SSSR count). The Balaban J connectivity index is 0.723. The predicted molar refractivity (Wildman–Crippen MR) is 224 cm³/mol. The molecule has 0 bridgehead atoms. The minimum Gasteiger partial charge on any atom is -0.379 e. The maximum Gasteiger partial charge on any atom is 0.255 e. The lowest BCUT2D eigenvalue weighted by Gasteiger charge is -2.29. The summed E-state index contributed by atoms with van der Waals surface area (Å²) in [6, 6.07) is 19.3. The number of piperidine rings is 1. The molecule has 304 valence electrons. The number of benzene rings is 3. The van der Waals surface area contributed by atoms with Gasteiger partial charge in [0.2, 0.25) is 11.8 Å². The second-order valence-electron chi connectivity index (χ2n) is 16.1. The Morgan fingerprint density at radius 3 is 2.47 bits per heavy atom. The third-order valence-corrected chi connectivity index (χ3v) is 12.3. The Bertz CT molecular complexity index is 2690. The molecular formula is C44H43ClN12O3. The number of anilines is 1. The fourth-order valence-electron chi connectivity index (χ4n) is 8.66. The van der Waals surface area contributed by atoms with Gasteiger partial charge in [0.15, 0.2) is 5.82 Å². The van der Waals surface area contributed by atoms with Gasteiger partial charge in [-0.3, -0.25) is 38.6 Å². The number of amides is 3. The van der Waals surface area contributed by atoms with Crippen molar-refractivity contribution in [1.29, 1.82) is 0 Å². The minimum atomic E-state index is -0.650. The number of halogens is 1. The van der Waals surface area contributed by atoms with Crippen LogP contribution in [0.4, 0.5) is 5.69 Å². The van der Waals surface area contributed by atoms with Crippen LogP contribution >= 0.6 is 11.6 Å². The Labute approximate surface area is 350 Å². The van der Waals surface area contributed by atoms with Crippen LogP contribution in [0.1, 0.15) is 95.8 Å². The molecule has 1 saturated heterocycles. The van der Waals surface area contributed by atoms with E-state index in [2.05, 4.69) is 60.1 Å². The highest BCUT2D eigenvalue weighted by Crippen LogP contribution is 2.52. The minimum absolute atomic E-state index is 0.195. The largest absolute Gasteiger partial charge is 0.379 e. The maximum atomic E-state index is 13.2. The first-order chi connectivity index (χ1) is 29.2. The van der Waals surface area contributed by atoms with Gasteiger partial charge in [0.05, 0.1) is 30.3 Å². The second-order valence-corrected chi connectivity index (χ2v) is 16.5. The normalized spacial score (nSPS) is 17.6. The summed E-state index contributed by atoms with van der Waals surface area (Å²) in [6.45, 7) is 4.35. The molecule has 0 radical (unpaired) electrons. The first kappa shape index (κ1) is 37.8. The van der Waals surface area contributed by atoms with Crippen LogP contribution in [0.3, 0.4) is 0 Å². The van der Waals surface area contributed by atoms with E-state index in [0.29, 0.717) is 30.1 Å². The molecule has 3 aliphatic heterocycles. The van der Waals surface area contributed by atoms with Crippen LogP contribution in [-0.4, -0.2) is 73.9 Å². The molecule has 4 aliphatic rings. The van der Waals surface area contributed by atoms with Crippen molar-refractivity contribution in [2.24, 2.45) is 4.99 Å². The van der Waals surface area contributed by atoms with Crippen molar-refractivity contribution in [2.75, 3.05) is 5.32 Å². The molecule has 15 nitrogen and oxygen atoms in total. The number of nitrogens with zero attached hydrogens (tertiary/aromatic N) is 10. The number of unbranched alkanes of at least 4 members (excludes halogenated alkanes) is 3. The van der Waals surface area contributed by atoms with Crippen LogP contribution in [0.5, 0.6) is 0 Å². The summed E-state index contributed by atoms with van der Waals surface area (Å²) in [6.07, 6.45) is 12.5. The summed E-state index contributed by atoms with van der Waals surface area (Å²) in [5.74, 6) is 0.836. The molecule has 6 heterocycles. The highest BCUT2D eigenvalue weighted by molar-refractivity contribution is 6.30. The van der Waals surface area contributed by atoms with E-state index < -0.39 is 11.9 Å². The monoisotopic (exact) mass is 822 g/mol. The zero-order chi connectivity index (χ0) is 41.0. The lowest BCUT2D eigenvalue weighted by atomic mass is 9.96. The number of rotatable bonds is 13. The van der Waals surface area contributed by atoms with E-state index in [-0.39, 0.29) is 23.8 Å². The van der Waals surface area contributed by atoms with Crippen molar-refractivity contribution in [3.63, 3.8) is 0 Å². The number of fused-ring (bicyclic) bond motifs is 5. The zero-order valence-corrected chi connectivity index (χ0v) is 33.9. The molecule has 1 spiro atoms. The average molecular weight is 823 g/mol. The molecule has 6 aromatic rings. The molecular weight excluding hydrogens is 780 g/mol. The van der Waals surface area contributed by atoms with E-state index in [1.807, 2.05) is 65.1 Å². The number of aryl methyl sites for hydroxylation is 3. The number of hydrogen-bond acceptors (Lipinski definition) is 10. The highest BCUT2D eigenvalue weighted by atomic mass is 35.5. The number of aliphatic imine (C=N–C) groups is 1. The molecule has 1 atom stereocenters. The lowest BCUT2D eigenvalue weighted by molar-refractivity contribution is -0.136. The number of aromatic nitrogens is 8. The van der Waals surface area contributed by atoms with Crippen molar-refractivity contribution < 1.29 is 14.4 Å². The number of carbonyl (C=O) groups excluding carboxylic acids is 3. The SMILES string of the molecule is Cc1nnc2n1-c1ccc(-c3cnn(CCCCCCn4cc(CNc5cccc6c5CN(C5CCC(=O)NC5=O)C6=O)nn4)c3)cc1C(c1ccc(Cl)cc1)=NC21CC1. The van der Waals surface area contributed by atoms with Gasteiger partial charge >= 0.3 is 0 Å². The second kappa shape index (κ2) is 15.3. The van der Waals surface area contributed by atoms with Crippen LogP contribution in [-0.2, 0) is 41.3 Å².